The van der Waals surface area contributed by atoms with E-state index >= 15 is 0 Å². The molecule has 3 aliphatic rings. The van der Waals surface area contributed by atoms with Crippen LogP contribution in [0.5, 0.6) is 0 Å². The molecular weight excluding hydrogens is 468 g/mol. The molecule has 4 rings (SSSR count). The van der Waals surface area contributed by atoms with Crippen molar-refractivity contribution in [3.05, 3.63) is 35.4 Å². The summed E-state index contributed by atoms with van der Waals surface area (Å²) in [5.41, 5.74) is 0.773. The molecule has 0 spiro atoms. The summed E-state index contributed by atoms with van der Waals surface area (Å²) >= 11 is 0. The molecule has 0 aromatic heterocycles. The molecule has 2 unspecified atom stereocenters. The molecule has 0 amide bonds. The zero-order valence-corrected chi connectivity index (χ0v) is 21.8. The van der Waals surface area contributed by atoms with Crippen LogP contribution < -0.4 is 5.32 Å². The molecule has 0 bridgehead atoms. The van der Waals surface area contributed by atoms with Gasteiger partial charge in [-0.05, 0) is 81.1 Å². The first-order valence-corrected chi connectivity index (χ1v) is 14.7. The van der Waals surface area contributed by atoms with Crippen LogP contribution in [-0.2, 0) is 11.0 Å². The van der Waals surface area contributed by atoms with Gasteiger partial charge in [0.05, 0.1) is 23.9 Å². The monoisotopic (exact) mass is 509 g/mol. The van der Waals surface area contributed by atoms with Gasteiger partial charge in [-0.3, -0.25) is 4.99 Å². The minimum Gasteiger partial charge on any atom is -0.360 e. The number of hydrogen-bond donors (Lipinski definition) is 1. The van der Waals surface area contributed by atoms with Crippen LogP contribution in [0.15, 0.2) is 23.2 Å². The first kappa shape index (κ1) is 26.6. The van der Waals surface area contributed by atoms with Gasteiger partial charge < -0.3 is 15.1 Å². The van der Waals surface area contributed by atoms with Crippen molar-refractivity contribution >= 4 is 17.3 Å². The highest BCUT2D eigenvalue weighted by molar-refractivity contribution is 7.81. The van der Waals surface area contributed by atoms with E-state index in [2.05, 4.69) is 26.4 Å². The van der Waals surface area contributed by atoms with Gasteiger partial charge >= 0.3 is 0 Å². The number of nitrogens with one attached hydrogen (secondary N) is 1. The summed E-state index contributed by atoms with van der Waals surface area (Å²) in [6, 6.07) is 4.53. The van der Waals surface area contributed by atoms with Crippen molar-refractivity contribution in [2.75, 3.05) is 65.2 Å². The third kappa shape index (κ3) is 7.78. The maximum atomic E-state index is 14.1. The molecule has 1 aromatic carbocycles. The predicted molar refractivity (Wildman–Crippen MR) is 139 cm³/mol. The van der Waals surface area contributed by atoms with Crippen molar-refractivity contribution in [1.82, 2.24) is 19.4 Å². The Balaban J connectivity index is 1.35. The quantitative estimate of drug-likeness (QED) is 0.613. The number of aliphatic imine (C=N–C) groups is 1. The third-order valence-electron chi connectivity index (χ3n) is 7.94. The summed E-state index contributed by atoms with van der Waals surface area (Å²) < 4.78 is 42.1. The lowest BCUT2D eigenvalue weighted by Gasteiger charge is -2.39. The van der Waals surface area contributed by atoms with E-state index in [1.54, 1.807) is 6.26 Å². The van der Waals surface area contributed by atoms with E-state index in [1.165, 1.54) is 12.1 Å². The molecule has 6 nitrogen and oxygen atoms in total. The largest absolute Gasteiger partial charge is 0.360 e. The number of halogens is 2. The van der Waals surface area contributed by atoms with Gasteiger partial charge in [-0.1, -0.05) is 0 Å². The average molecular weight is 510 g/mol. The Bertz CT molecular complexity index is 836. The second-order valence-corrected chi connectivity index (χ2v) is 11.6. The zero-order chi connectivity index (χ0) is 24.6. The van der Waals surface area contributed by atoms with Crippen molar-refractivity contribution in [1.29, 1.82) is 0 Å². The molecule has 3 heterocycles. The molecule has 1 aromatic rings. The van der Waals surface area contributed by atoms with E-state index in [0.29, 0.717) is 12.0 Å². The number of rotatable bonds is 7. The highest BCUT2D eigenvalue weighted by Gasteiger charge is 2.30. The number of benzene rings is 1. The minimum atomic E-state index is -0.960. The molecule has 2 fully saturated rings. The Hall–Kier alpha value is -1.42. The van der Waals surface area contributed by atoms with Crippen molar-refractivity contribution in [2.45, 2.75) is 50.5 Å². The van der Waals surface area contributed by atoms with E-state index < -0.39 is 22.6 Å². The average Bonchev–Trinajstić information content (AvgIpc) is 2.98. The van der Waals surface area contributed by atoms with E-state index in [-0.39, 0.29) is 5.92 Å². The Morgan fingerprint density at radius 1 is 1.03 bits per heavy atom. The van der Waals surface area contributed by atoms with Gasteiger partial charge in [0.2, 0.25) is 0 Å². The molecule has 0 radical (unpaired) electrons. The highest BCUT2D eigenvalue weighted by atomic mass is 32.2. The smallest absolute Gasteiger partial charge is 0.126 e. The highest BCUT2D eigenvalue weighted by Crippen LogP contribution is 2.36. The molecule has 1 N–H and O–H groups in total. The van der Waals surface area contributed by atoms with Crippen LogP contribution in [0.4, 0.5) is 8.78 Å². The van der Waals surface area contributed by atoms with Crippen LogP contribution in [0, 0.1) is 17.6 Å². The van der Waals surface area contributed by atoms with Crippen molar-refractivity contribution in [3.8, 4) is 0 Å². The number of hydrogen-bond acceptors (Lipinski definition) is 5. The summed E-state index contributed by atoms with van der Waals surface area (Å²) in [6.07, 6.45) is 9.89. The Morgan fingerprint density at radius 3 is 2.43 bits per heavy atom. The van der Waals surface area contributed by atoms with Gasteiger partial charge in [-0.25, -0.2) is 17.3 Å². The molecular formula is C26H41F2N5OS. The van der Waals surface area contributed by atoms with Gasteiger partial charge in [0, 0.05) is 57.6 Å². The van der Waals surface area contributed by atoms with E-state index in [4.69, 9.17) is 0 Å². The maximum Gasteiger partial charge on any atom is 0.126 e. The maximum absolute atomic E-state index is 14.1. The fourth-order valence-electron chi connectivity index (χ4n) is 5.95. The zero-order valence-electron chi connectivity index (χ0n) is 21.0. The Kier molecular flexibility index (Phi) is 10.1. The van der Waals surface area contributed by atoms with Crippen molar-refractivity contribution in [2.24, 2.45) is 10.9 Å². The number of nitrogens with zero attached hydrogens (tertiary/aromatic N) is 4. The van der Waals surface area contributed by atoms with Crippen LogP contribution >= 0.6 is 0 Å². The minimum absolute atomic E-state index is 0.114. The van der Waals surface area contributed by atoms with Crippen LogP contribution in [0.2, 0.25) is 0 Å². The second kappa shape index (κ2) is 13.2. The van der Waals surface area contributed by atoms with Gasteiger partial charge in [-0.15, -0.1) is 0 Å². The topological polar surface area (TPSA) is 51.2 Å². The molecule has 196 valence electrons. The van der Waals surface area contributed by atoms with Crippen LogP contribution in [0.1, 0.15) is 50.0 Å². The van der Waals surface area contributed by atoms with Crippen molar-refractivity contribution in [3.63, 3.8) is 0 Å². The molecule has 2 atom stereocenters. The summed E-state index contributed by atoms with van der Waals surface area (Å²) in [5, 5.41) is 3.43. The summed E-state index contributed by atoms with van der Waals surface area (Å²) in [6.45, 7) is 8.48. The molecule has 0 aliphatic carbocycles. The van der Waals surface area contributed by atoms with E-state index in [0.717, 1.165) is 109 Å². The number of likely N-dealkylation sites (tertiary alicyclic amines) is 1. The normalized spacial score (nSPS) is 24.0. The van der Waals surface area contributed by atoms with Crippen LogP contribution in [0.3, 0.4) is 0 Å². The molecule has 9 heteroatoms. The van der Waals surface area contributed by atoms with Crippen LogP contribution in [0.25, 0.3) is 0 Å². The molecule has 0 saturated carbocycles. The fourth-order valence-corrected chi connectivity index (χ4v) is 6.67. The van der Waals surface area contributed by atoms with E-state index in [1.807, 2.05) is 4.31 Å². The summed E-state index contributed by atoms with van der Waals surface area (Å²) in [5.74, 6) is -0.538. The summed E-state index contributed by atoms with van der Waals surface area (Å²) in [4.78, 5) is 9.54. The standard InChI is InChI=1S/C26H41F2N5OS/c1-35(34)33-15-3-21(4-16-33)26(22-17-23(27)19-24(28)18-22)7-14-31-12-5-25(6-13-31)32-11-2-8-29-9-10-30-20-32/h17-21,25-26,29H,2-16H2,1H3. The Labute approximate surface area is 211 Å². The number of piperidine rings is 2. The van der Waals surface area contributed by atoms with Gasteiger partial charge in [-0.2, -0.15) is 0 Å². The molecule has 3 aliphatic heterocycles. The lowest BCUT2D eigenvalue weighted by molar-refractivity contribution is 0.145. The van der Waals surface area contributed by atoms with Crippen molar-refractivity contribution < 1.29 is 13.0 Å². The Morgan fingerprint density at radius 2 is 1.74 bits per heavy atom. The first-order valence-electron chi connectivity index (χ1n) is 13.2. The summed E-state index contributed by atoms with van der Waals surface area (Å²) in [7, 11) is -0.960. The SMILES string of the molecule is CS(=O)N1CCC(C(CCN2CCC(N3C=NCCNCCC3)CC2)c2cc(F)cc(F)c2)CC1. The van der Waals surface area contributed by atoms with Gasteiger partial charge in [0.25, 0.3) is 0 Å². The first-order chi connectivity index (χ1) is 17.0. The molecule has 35 heavy (non-hydrogen) atoms. The lowest BCUT2D eigenvalue weighted by Crippen LogP contribution is -2.45. The molecule has 2 saturated heterocycles. The third-order valence-corrected chi connectivity index (χ3v) is 9.04. The fraction of sp³-hybridized carbons (Fsp3) is 0.731. The second-order valence-electron chi connectivity index (χ2n) is 10.2. The lowest BCUT2D eigenvalue weighted by atomic mass is 9.78. The van der Waals surface area contributed by atoms with Gasteiger partial charge in [0.15, 0.2) is 0 Å². The van der Waals surface area contributed by atoms with E-state index in [9.17, 15) is 13.0 Å². The van der Waals surface area contributed by atoms with Crippen LogP contribution in [-0.4, -0.2) is 95.9 Å². The van der Waals surface area contributed by atoms with Gasteiger partial charge in [0.1, 0.15) is 11.6 Å². The predicted octanol–water partition coefficient (Wildman–Crippen LogP) is 3.23.